The highest BCUT2D eigenvalue weighted by atomic mass is 79.9. The Hall–Kier alpha value is -1.55. The molecule has 0 N–H and O–H groups in total. The fourth-order valence-corrected chi connectivity index (χ4v) is 2.21. The Morgan fingerprint density at radius 3 is 2.63 bits per heavy atom. The van der Waals surface area contributed by atoms with Crippen molar-refractivity contribution in [3.05, 3.63) is 69.2 Å². The number of Topliss-reactive ketones (excluding diaryl/α,β-unsaturated/α-hetero) is 1. The molecule has 0 amide bonds. The molecule has 0 aliphatic rings. The summed E-state index contributed by atoms with van der Waals surface area (Å²) in [5, 5.41) is 0. The van der Waals surface area contributed by atoms with Crippen LogP contribution in [0.5, 0.6) is 0 Å². The Morgan fingerprint density at radius 1 is 1.21 bits per heavy atom. The second-order valence-electron chi connectivity index (χ2n) is 4.27. The van der Waals surface area contributed by atoms with Crippen LogP contribution in [0.4, 0.5) is 8.78 Å². The van der Waals surface area contributed by atoms with Crippen LogP contribution in [0.1, 0.15) is 21.5 Å². The molecule has 19 heavy (non-hydrogen) atoms. The summed E-state index contributed by atoms with van der Waals surface area (Å²) >= 11 is 3.05. The van der Waals surface area contributed by atoms with Gasteiger partial charge in [-0.2, -0.15) is 0 Å². The van der Waals surface area contributed by atoms with Crippen molar-refractivity contribution < 1.29 is 13.6 Å². The molecule has 2 rings (SSSR count). The van der Waals surface area contributed by atoms with E-state index < -0.39 is 5.82 Å². The SMILES string of the molecule is Cc1cc(F)ccc1CC(=O)c1cccc(Br)c1F. The van der Waals surface area contributed by atoms with E-state index in [1.807, 2.05) is 0 Å². The maximum atomic E-state index is 13.8. The Balaban J connectivity index is 2.28. The number of benzene rings is 2. The largest absolute Gasteiger partial charge is 0.294 e. The van der Waals surface area contributed by atoms with E-state index in [0.29, 0.717) is 11.1 Å². The van der Waals surface area contributed by atoms with Crippen LogP contribution in [0, 0.1) is 18.6 Å². The van der Waals surface area contributed by atoms with Gasteiger partial charge in [-0.15, -0.1) is 0 Å². The zero-order valence-electron chi connectivity index (χ0n) is 10.2. The van der Waals surface area contributed by atoms with Crippen LogP contribution < -0.4 is 0 Å². The molecule has 0 atom stereocenters. The molecule has 0 aliphatic heterocycles. The molecule has 98 valence electrons. The molecule has 0 unspecified atom stereocenters. The molecule has 0 radical (unpaired) electrons. The van der Waals surface area contributed by atoms with Crippen LogP contribution in [0.3, 0.4) is 0 Å². The Morgan fingerprint density at radius 2 is 1.95 bits per heavy atom. The molecule has 0 saturated carbocycles. The van der Waals surface area contributed by atoms with Gasteiger partial charge in [-0.25, -0.2) is 8.78 Å². The highest BCUT2D eigenvalue weighted by Gasteiger charge is 2.15. The maximum Gasteiger partial charge on any atom is 0.170 e. The lowest BCUT2D eigenvalue weighted by Gasteiger charge is -2.07. The number of hydrogen-bond donors (Lipinski definition) is 0. The molecule has 4 heteroatoms. The molecule has 2 aromatic carbocycles. The lowest BCUT2D eigenvalue weighted by atomic mass is 9.99. The molecule has 2 aromatic rings. The third-order valence-electron chi connectivity index (χ3n) is 2.91. The van der Waals surface area contributed by atoms with Crippen molar-refractivity contribution in [3.63, 3.8) is 0 Å². The average molecular weight is 325 g/mol. The molecule has 0 bridgehead atoms. The first-order valence-electron chi connectivity index (χ1n) is 5.71. The Labute approximate surface area is 118 Å². The molecule has 0 heterocycles. The zero-order chi connectivity index (χ0) is 14.0. The summed E-state index contributed by atoms with van der Waals surface area (Å²) in [5.74, 6) is -1.23. The minimum atomic E-state index is -0.563. The zero-order valence-corrected chi connectivity index (χ0v) is 11.8. The predicted octanol–water partition coefficient (Wildman–Crippen LogP) is 4.46. The molecule has 0 aliphatic carbocycles. The van der Waals surface area contributed by atoms with E-state index in [9.17, 15) is 13.6 Å². The number of carbonyl (C=O) groups excluding carboxylic acids is 1. The summed E-state index contributed by atoms with van der Waals surface area (Å²) in [6, 6.07) is 8.81. The highest BCUT2D eigenvalue weighted by molar-refractivity contribution is 9.10. The second-order valence-corrected chi connectivity index (χ2v) is 5.13. The van der Waals surface area contributed by atoms with E-state index in [-0.39, 0.29) is 28.1 Å². The quantitative estimate of drug-likeness (QED) is 0.762. The molecular weight excluding hydrogens is 314 g/mol. The van der Waals surface area contributed by atoms with Crippen LogP contribution in [-0.4, -0.2) is 5.78 Å². The summed E-state index contributed by atoms with van der Waals surface area (Å²) in [7, 11) is 0. The first-order chi connectivity index (χ1) is 8.99. The van der Waals surface area contributed by atoms with Gasteiger partial charge in [-0.1, -0.05) is 12.1 Å². The van der Waals surface area contributed by atoms with Crippen LogP contribution in [0.2, 0.25) is 0 Å². The highest BCUT2D eigenvalue weighted by Crippen LogP contribution is 2.21. The smallest absolute Gasteiger partial charge is 0.170 e. The number of carbonyl (C=O) groups is 1. The van der Waals surface area contributed by atoms with Crippen molar-refractivity contribution in [1.82, 2.24) is 0 Å². The maximum absolute atomic E-state index is 13.8. The topological polar surface area (TPSA) is 17.1 Å². The number of hydrogen-bond acceptors (Lipinski definition) is 1. The van der Waals surface area contributed by atoms with E-state index in [2.05, 4.69) is 15.9 Å². The lowest BCUT2D eigenvalue weighted by Crippen LogP contribution is -2.07. The van der Waals surface area contributed by atoms with E-state index in [0.717, 1.165) is 0 Å². The van der Waals surface area contributed by atoms with E-state index in [1.54, 1.807) is 19.1 Å². The molecule has 0 aromatic heterocycles. The fraction of sp³-hybridized carbons (Fsp3) is 0.133. The van der Waals surface area contributed by atoms with Crippen molar-refractivity contribution in [3.8, 4) is 0 Å². The third kappa shape index (κ3) is 3.07. The number of rotatable bonds is 3. The number of ketones is 1. The average Bonchev–Trinajstić information content (AvgIpc) is 2.36. The number of aryl methyl sites for hydroxylation is 1. The third-order valence-corrected chi connectivity index (χ3v) is 3.52. The molecule has 0 fully saturated rings. The van der Waals surface area contributed by atoms with E-state index >= 15 is 0 Å². The van der Waals surface area contributed by atoms with Gasteiger partial charge in [0.1, 0.15) is 11.6 Å². The Bertz CT molecular complexity index is 638. The molecular formula is C15H11BrF2O. The molecule has 0 saturated heterocycles. The summed E-state index contributed by atoms with van der Waals surface area (Å²) in [4.78, 5) is 12.1. The summed E-state index contributed by atoms with van der Waals surface area (Å²) in [6.07, 6.45) is 0.0550. The first-order valence-corrected chi connectivity index (χ1v) is 6.50. The van der Waals surface area contributed by atoms with Crippen LogP contribution >= 0.6 is 15.9 Å². The van der Waals surface area contributed by atoms with Crippen LogP contribution in [0.25, 0.3) is 0 Å². The van der Waals surface area contributed by atoms with Crippen molar-refractivity contribution in [2.45, 2.75) is 13.3 Å². The predicted molar refractivity (Wildman–Crippen MR) is 73.3 cm³/mol. The van der Waals surface area contributed by atoms with Gasteiger partial charge in [-0.3, -0.25) is 4.79 Å². The summed E-state index contributed by atoms with van der Waals surface area (Å²) in [6.45, 7) is 1.73. The van der Waals surface area contributed by atoms with Crippen LogP contribution in [0.15, 0.2) is 40.9 Å². The number of halogens is 3. The van der Waals surface area contributed by atoms with Gasteiger partial charge in [0, 0.05) is 6.42 Å². The minimum Gasteiger partial charge on any atom is -0.294 e. The van der Waals surface area contributed by atoms with Gasteiger partial charge in [0.15, 0.2) is 5.78 Å². The molecule has 0 spiro atoms. The Kier molecular flexibility index (Phi) is 4.10. The standard InChI is InChI=1S/C15H11BrF2O/c1-9-7-11(17)6-5-10(9)8-14(19)12-3-2-4-13(16)15(12)18/h2-7H,8H2,1H3. The van der Waals surface area contributed by atoms with Gasteiger partial charge in [-0.05, 0) is 58.2 Å². The van der Waals surface area contributed by atoms with Crippen molar-refractivity contribution in [2.75, 3.05) is 0 Å². The van der Waals surface area contributed by atoms with Crippen molar-refractivity contribution >= 4 is 21.7 Å². The minimum absolute atomic E-state index is 0.0399. The van der Waals surface area contributed by atoms with Crippen molar-refractivity contribution in [1.29, 1.82) is 0 Å². The van der Waals surface area contributed by atoms with E-state index in [4.69, 9.17) is 0 Å². The monoisotopic (exact) mass is 324 g/mol. The van der Waals surface area contributed by atoms with Crippen molar-refractivity contribution in [2.24, 2.45) is 0 Å². The van der Waals surface area contributed by atoms with Gasteiger partial charge < -0.3 is 0 Å². The van der Waals surface area contributed by atoms with Crippen LogP contribution in [-0.2, 0) is 6.42 Å². The van der Waals surface area contributed by atoms with E-state index in [1.165, 1.54) is 24.3 Å². The van der Waals surface area contributed by atoms with Gasteiger partial charge in [0.2, 0.25) is 0 Å². The summed E-state index contributed by atoms with van der Waals surface area (Å²) in [5.41, 5.74) is 1.42. The molecule has 1 nitrogen and oxygen atoms in total. The normalized spacial score (nSPS) is 10.5. The van der Waals surface area contributed by atoms with Gasteiger partial charge in [0.25, 0.3) is 0 Å². The second kappa shape index (κ2) is 5.61. The lowest BCUT2D eigenvalue weighted by molar-refractivity contribution is 0.0988. The summed E-state index contributed by atoms with van der Waals surface area (Å²) < 4.78 is 27.0. The van der Waals surface area contributed by atoms with Gasteiger partial charge >= 0.3 is 0 Å². The first kappa shape index (κ1) is 13.9. The fourth-order valence-electron chi connectivity index (χ4n) is 1.84. The van der Waals surface area contributed by atoms with Gasteiger partial charge in [0.05, 0.1) is 10.0 Å².